The van der Waals surface area contributed by atoms with E-state index in [1.807, 2.05) is 0 Å². The third-order valence-corrected chi connectivity index (χ3v) is 5.33. The number of pyridine rings is 1. The molecule has 1 spiro atoms. The first kappa shape index (κ1) is 13.9. The monoisotopic (exact) mass is 273 g/mol. The number of aromatic nitrogens is 1. The molecule has 2 fully saturated rings. The molecule has 3 heteroatoms. The minimum Gasteiger partial charge on any atom is -0.357 e. The van der Waals surface area contributed by atoms with E-state index < -0.39 is 0 Å². The number of piperidine rings is 1. The summed E-state index contributed by atoms with van der Waals surface area (Å²) in [6, 6.07) is 4.33. The average molecular weight is 273 g/mol. The van der Waals surface area contributed by atoms with Crippen LogP contribution >= 0.6 is 0 Å². The fourth-order valence-electron chi connectivity index (χ4n) is 3.93. The van der Waals surface area contributed by atoms with Gasteiger partial charge in [-0.05, 0) is 55.2 Å². The molecule has 0 bridgehead atoms. The molecule has 3 nitrogen and oxygen atoms in total. The molecule has 1 saturated carbocycles. The molecule has 1 saturated heterocycles. The summed E-state index contributed by atoms with van der Waals surface area (Å²) < 4.78 is 0. The Labute approximate surface area is 122 Å². The molecule has 110 valence electrons. The second-order valence-electron chi connectivity index (χ2n) is 6.58. The largest absolute Gasteiger partial charge is 0.357 e. The zero-order valence-corrected chi connectivity index (χ0v) is 12.7. The lowest BCUT2D eigenvalue weighted by Gasteiger charge is -2.40. The molecule has 1 aromatic heterocycles. The van der Waals surface area contributed by atoms with E-state index in [1.54, 1.807) is 0 Å². The Kier molecular flexibility index (Phi) is 3.97. The third kappa shape index (κ3) is 2.69. The highest BCUT2D eigenvalue weighted by atomic mass is 15.2. The Morgan fingerprint density at radius 1 is 1.15 bits per heavy atom. The van der Waals surface area contributed by atoms with Gasteiger partial charge < -0.3 is 10.6 Å². The van der Waals surface area contributed by atoms with Crippen molar-refractivity contribution in [2.24, 2.45) is 11.1 Å². The minimum absolute atomic E-state index is 0.611. The topological polar surface area (TPSA) is 42.1 Å². The number of anilines is 1. The lowest BCUT2D eigenvalue weighted by atomic mass is 9.77. The molecule has 2 heterocycles. The first-order valence-corrected chi connectivity index (χ1v) is 8.19. The standard InChI is InChI=1S/C17H27N3/c1-2-15-11-14(13-18)12-16(19-15)20-9-7-17(8-10-20)5-3-4-6-17/h11-12H,2-10,13,18H2,1H3. The quantitative estimate of drug-likeness (QED) is 0.919. The highest BCUT2D eigenvalue weighted by Crippen LogP contribution is 2.46. The molecule has 20 heavy (non-hydrogen) atoms. The van der Waals surface area contributed by atoms with Crippen LogP contribution in [-0.4, -0.2) is 18.1 Å². The van der Waals surface area contributed by atoms with Gasteiger partial charge in [0.05, 0.1) is 0 Å². The SMILES string of the molecule is CCc1cc(CN)cc(N2CCC3(CCCC3)CC2)n1. The van der Waals surface area contributed by atoms with E-state index in [4.69, 9.17) is 10.7 Å². The first-order chi connectivity index (χ1) is 9.74. The van der Waals surface area contributed by atoms with Gasteiger partial charge in [-0.25, -0.2) is 4.98 Å². The molecular formula is C17H27N3. The summed E-state index contributed by atoms with van der Waals surface area (Å²) in [4.78, 5) is 7.28. The molecule has 0 atom stereocenters. The molecule has 0 aromatic carbocycles. The highest BCUT2D eigenvalue weighted by Gasteiger charge is 2.37. The van der Waals surface area contributed by atoms with Crippen molar-refractivity contribution in [2.75, 3.05) is 18.0 Å². The van der Waals surface area contributed by atoms with Gasteiger partial charge in [0.25, 0.3) is 0 Å². The van der Waals surface area contributed by atoms with Gasteiger partial charge >= 0.3 is 0 Å². The second-order valence-corrected chi connectivity index (χ2v) is 6.58. The number of rotatable bonds is 3. The van der Waals surface area contributed by atoms with Crippen molar-refractivity contribution in [3.05, 3.63) is 23.4 Å². The van der Waals surface area contributed by atoms with Gasteiger partial charge in [-0.2, -0.15) is 0 Å². The molecule has 1 aliphatic carbocycles. The van der Waals surface area contributed by atoms with Crippen LogP contribution in [0.15, 0.2) is 12.1 Å². The highest BCUT2D eigenvalue weighted by molar-refractivity contribution is 5.43. The van der Waals surface area contributed by atoms with Gasteiger partial charge in [-0.1, -0.05) is 19.8 Å². The lowest BCUT2D eigenvalue weighted by Crippen LogP contribution is -2.39. The maximum atomic E-state index is 5.82. The van der Waals surface area contributed by atoms with Gasteiger partial charge in [0, 0.05) is 25.3 Å². The molecule has 1 aliphatic heterocycles. The summed E-state index contributed by atoms with van der Waals surface area (Å²) in [7, 11) is 0. The fraction of sp³-hybridized carbons (Fsp3) is 0.706. The number of hydrogen-bond donors (Lipinski definition) is 1. The number of aryl methyl sites for hydroxylation is 1. The third-order valence-electron chi connectivity index (χ3n) is 5.33. The van der Waals surface area contributed by atoms with E-state index >= 15 is 0 Å². The summed E-state index contributed by atoms with van der Waals surface area (Å²) in [5.74, 6) is 1.15. The van der Waals surface area contributed by atoms with E-state index in [9.17, 15) is 0 Å². The Hall–Kier alpha value is -1.09. The number of hydrogen-bond acceptors (Lipinski definition) is 3. The molecule has 3 rings (SSSR count). The second kappa shape index (κ2) is 5.72. The smallest absolute Gasteiger partial charge is 0.129 e. The van der Waals surface area contributed by atoms with Crippen molar-refractivity contribution in [3.63, 3.8) is 0 Å². The van der Waals surface area contributed by atoms with Crippen molar-refractivity contribution in [1.82, 2.24) is 4.98 Å². The van der Waals surface area contributed by atoms with Crippen molar-refractivity contribution in [2.45, 2.75) is 58.4 Å². The van der Waals surface area contributed by atoms with Gasteiger partial charge in [0.2, 0.25) is 0 Å². The Balaban J connectivity index is 1.74. The molecular weight excluding hydrogens is 246 g/mol. The van der Waals surface area contributed by atoms with E-state index in [2.05, 4.69) is 24.0 Å². The van der Waals surface area contributed by atoms with E-state index in [0.29, 0.717) is 12.0 Å². The van der Waals surface area contributed by atoms with Crippen LogP contribution in [0.3, 0.4) is 0 Å². The zero-order valence-electron chi connectivity index (χ0n) is 12.7. The molecule has 2 aliphatic rings. The van der Waals surface area contributed by atoms with Gasteiger partial charge in [0.1, 0.15) is 5.82 Å². The number of nitrogens with zero attached hydrogens (tertiary/aromatic N) is 2. The molecule has 0 unspecified atom stereocenters. The predicted octanol–water partition coefficient (Wildman–Crippen LogP) is 3.26. The fourth-order valence-corrected chi connectivity index (χ4v) is 3.93. The van der Waals surface area contributed by atoms with Crippen LogP contribution < -0.4 is 10.6 Å². The summed E-state index contributed by atoms with van der Waals surface area (Å²) >= 11 is 0. The van der Waals surface area contributed by atoms with Crippen molar-refractivity contribution >= 4 is 5.82 Å². The zero-order chi connectivity index (χ0) is 14.0. The van der Waals surface area contributed by atoms with E-state index in [0.717, 1.165) is 12.2 Å². The van der Waals surface area contributed by atoms with Crippen molar-refractivity contribution < 1.29 is 0 Å². The van der Waals surface area contributed by atoms with Crippen LogP contribution in [0.25, 0.3) is 0 Å². The van der Waals surface area contributed by atoms with Gasteiger partial charge in [-0.15, -0.1) is 0 Å². The Morgan fingerprint density at radius 3 is 2.45 bits per heavy atom. The molecule has 1 aromatic rings. The lowest BCUT2D eigenvalue weighted by molar-refractivity contribution is 0.226. The minimum atomic E-state index is 0.611. The van der Waals surface area contributed by atoms with E-state index in [1.165, 1.54) is 62.9 Å². The Morgan fingerprint density at radius 2 is 1.85 bits per heavy atom. The summed E-state index contributed by atoms with van der Waals surface area (Å²) in [6.07, 6.45) is 9.49. The van der Waals surface area contributed by atoms with Crippen molar-refractivity contribution in [1.29, 1.82) is 0 Å². The summed E-state index contributed by atoms with van der Waals surface area (Å²) in [5.41, 5.74) is 8.88. The maximum Gasteiger partial charge on any atom is 0.129 e. The summed E-state index contributed by atoms with van der Waals surface area (Å²) in [5, 5.41) is 0. The van der Waals surface area contributed by atoms with Crippen LogP contribution in [-0.2, 0) is 13.0 Å². The van der Waals surface area contributed by atoms with Crippen molar-refractivity contribution in [3.8, 4) is 0 Å². The normalized spacial score (nSPS) is 21.6. The van der Waals surface area contributed by atoms with Crippen LogP contribution in [0, 0.1) is 5.41 Å². The number of nitrogens with two attached hydrogens (primary N) is 1. The predicted molar refractivity (Wildman–Crippen MR) is 83.9 cm³/mol. The molecule has 2 N–H and O–H groups in total. The molecule has 0 amide bonds. The van der Waals surface area contributed by atoms with Gasteiger partial charge in [-0.3, -0.25) is 0 Å². The molecule has 0 radical (unpaired) electrons. The van der Waals surface area contributed by atoms with E-state index in [-0.39, 0.29) is 0 Å². The average Bonchev–Trinajstić information content (AvgIpc) is 2.95. The van der Waals surface area contributed by atoms with Crippen LogP contribution in [0.5, 0.6) is 0 Å². The van der Waals surface area contributed by atoms with Crippen LogP contribution in [0.1, 0.15) is 56.7 Å². The maximum absolute atomic E-state index is 5.82. The first-order valence-electron chi connectivity index (χ1n) is 8.19. The van der Waals surface area contributed by atoms with Crippen LogP contribution in [0.4, 0.5) is 5.82 Å². The van der Waals surface area contributed by atoms with Crippen LogP contribution in [0.2, 0.25) is 0 Å². The Bertz CT molecular complexity index is 431. The summed E-state index contributed by atoms with van der Waals surface area (Å²) in [6.45, 7) is 5.12. The van der Waals surface area contributed by atoms with Gasteiger partial charge in [0.15, 0.2) is 0 Å².